The Kier molecular flexibility index (Phi) is 5.15. The first-order chi connectivity index (χ1) is 9.60. The van der Waals surface area contributed by atoms with Crippen LogP contribution in [0.2, 0.25) is 0 Å². The molecule has 0 bridgehead atoms. The van der Waals surface area contributed by atoms with Gasteiger partial charge in [0.15, 0.2) is 0 Å². The second kappa shape index (κ2) is 6.86. The summed E-state index contributed by atoms with van der Waals surface area (Å²) in [5.41, 5.74) is 3.30. The number of hydrogen-bond acceptors (Lipinski definition) is 3. The molecule has 4 heteroatoms. The minimum absolute atomic E-state index is 0.663. The Balaban J connectivity index is 2.17. The van der Waals surface area contributed by atoms with Crippen molar-refractivity contribution in [3.63, 3.8) is 0 Å². The molecule has 20 heavy (non-hydrogen) atoms. The third kappa shape index (κ3) is 3.81. The Labute approximate surface area is 128 Å². The molecule has 0 aliphatic rings. The number of pyridine rings is 1. The van der Waals surface area contributed by atoms with E-state index < -0.39 is 0 Å². The Morgan fingerprint density at radius 2 is 2.00 bits per heavy atom. The minimum Gasteiger partial charge on any atom is -0.438 e. The standard InChI is InChI=1S/C16H19BrN2O/c1-4-18-9-13-7-12(3)16(19-10-13)20-15-6-5-14(17)8-11(15)2/h5-8,10,18H,4,9H2,1-3H3. The number of nitrogens with one attached hydrogen (secondary N) is 1. The first kappa shape index (κ1) is 15.0. The maximum absolute atomic E-state index is 5.90. The van der Waals surface area contributed by atoms with Gasteiger partial charge in [-0.05, 0) is 55.8 Å². The maximum atomic E-state index is 5.90. The van der Waals surface area contributed by atoms with Crippen LogP contribution in [0.3, 0.4) is 0 Å². The van der Waals surface area contributed by atoms with Gasteiger partial charge in [-0.3, -0.25) is 0 Å². The van der Waals surface area contributed by atoms with Gasteiger partial charge in [0.2, 0.25) is 5.88 Å². The third-order valence-corrected chi connectivity index (χ3v) is 3.50. The first-order valence-electron chi connectivity index (χ1n) is 6.70. The van der Waals surface area contributed by atoms with Gasteiger partial charge in [-0.1, -0.05) is 22.9 Å². The summed E-state index contributed by atoms with van der Waals surface area (Å²) in [6.07, 6.45) is 1.86. The highest BCUT2D eigenvalue weighted by Gasteiger charge is 2.07. The van der Waals surface area contributed by atoms with E-state index in [1.807, 2.05) is 38.2 Å². The number of aromatic nitrogens is 1. The van der Waals surface area contributed by atoms with Crippen molar-refractivity contribution in [2.24, 2.45) is 0 Å². The van der Waals surface area contributed by atoms with E-state index in [4.69, 9.17) is 4.74 Å². The van der Waals surface area contributed by atoms with E-state index >= 15 is 0 Å². The van der Waals surface area contributed by atoms with Crippen molar-refractivity contribution in [3.05, 3.63) is 51.6 Å². The van der Waals surface area contributed by atoms with Gasteiger partial charge >= 0.3 is 0 Å². The Bertz CT molecular complexity index is 599. The van der Waals surface area contributed by atoms with Gasteiger partial charge in [-0.25, -0.2) is 4.98 Å². The lowest BCUT2D eigenvalue weighted by molar-refractivity contribution is 0.455. The van der Waals surface area contributed by atoms with Gasteiger partial charge in [-0.15, -0.1) is 0 Å². The van der Waals surface area contributed by atoms with Crippen LogP contribution in [0, 0.1) is 13.8 Å². The maximum Gasteiger partial charge on any atom is 0.222 e. The van der Waals surface area contributed by atoms with Crippen molar-refractivity contribution in [1.82, 2.24) is 10.3 Å². The van der Waals surface area contributed by atoms with Crippen molar-refractivity contribution >= 4 is 15.9 Å². The fourth-order valence-electron chi connectivity index (χ4n) is 1.92. The van der Waals surface area contributed by atoms with Gasteiger partial charge in [0.25, 0.3) is 0 Å². The minimum atomic E-state index is 0.663. The molecule has 2 aromatic rings. The van der Waals surface area contributed by atoms with Crippen LogP contribution in [0.5, 0.6) is 11.6 Å². The van der Waals surface area contributed by atoms with E-state index in [0.717, 1.165) is 34.4 Å². The second-order valence-corrected chi connectivity index (χ2v) is 5.67. The molecular weight excluding hydrogens is 316 g/mol. The number of rotatable bonds is 5. The zero-order valence-electron chi connectivity index (χ0n) is 12.0. The zero-order valence-corrected chi connectivity index (χ0v) is 13.6. The lowest BCUT2D eigenvalue weighted by Gasteiger charge is -2.11. The summed E-state index contributed by atoms with van der Waals surface area (Å²) in [6, 6.07) is 8.06. The predicted octanol–water partition coefficient (Wildman–Crippen LogP) is 4.36. The second-order valence-electron chi connectivity index (χ2n) is 4.76. The lowest BCUT2D eigenvalue weighted by Crippen LogP contribution is -2.12. The van der Waals surface area contributed by atoms with Gasteiger partial charge in [0, 0.05) is 22.8 Å². The van der Waals surface area contributed by atoms with Crippen LogP contribution in [0.4, 0.5) is 0 Å². The monoisotopic (exact) mass is 334 g/mol. The largest absolute Gasteiger partial charge is 0.438 e. The molecule has 0 radical (unpaired) electrons. The molecule has 0 saturated carbocycles. The van der Waals surface area contributed by atoms with Crippen LogP contribution in [-0.4, -0.2) is 11.5 Å². The number of ether oxygens (including phenoxy) is 1. The molecule has 0 aliphatic carbocycles. The third-order valence-electron chi connectivity index (χ3n) is 3.01. The van der Waals surface area contributed by atoms with Gasteiger partial charge in [0.1, 0.15) is 5.75 Å². The number of nitrogens with zero attached hydrogens (tertiary/aromatic N) is 1. The molecule has 106 valence electrons. The molecule has 3 nitrogen and oxygen atoms in total. The summed E-state index contributed by atoms with van der Waals surface area (Å²) < 4.78 is 6.95. The van der Waals surface area contributed by atoms with Gasteiger partial charge < -0.3 is 10.1 Å². The molecule has 1 N–H and O–H groups in total. The zero-order chi connectivity index (χ0) is 14.5. The van der Waals surface area contributed by atoms with Crippen molar-refractivity contribution in [2.75, 3.05) is 6.54 Å². The van der Waals surface area contributed by atoms with E-state index in [-0.39, 0.29) is 0 Å². The molecule has 0 atom stereocenters. The molecule has 1 aromatic carbocycles. The average Bonchev–Trinajstić information content (AvgIpc) is 2.42. The summed E-state index contributed by atoms with van der Waals surface area (Å²) in [4.78, 5) is 4.42. The van der Waals surface area contributed by atoms with Crippen LogP contribution >= 0.6 is 15.9 Å². The van der Waals surface area contributed by atoms with Crippen LogP contribution in [-0.2, 0) is 6.54 Å². The van der Waals surface area contributed by atoms with E-state index in [1.165, 1.54) is 5.56 Å². The Hall–Kier alpha value is -1.39. The summed E-state index contributed by atoms with van der Waals surface area (Å²) in [7, 11) is 0. The summed E-state index contributed by atoms with van der Waals surface area (Å²) in [5.74, 6) is 1.50. The van der Waals surface area contributed by atoms with Crippen LogP contribution in [0.15, 0.2) is 34.9 Å². The fraction of sp³-hybridized carbons (Fsp3) is 0.312. The number of halogens is 1. The topological polar surface area (TPSA) is 34.2 Å². The van der Waals surface area contributed by atoms with E-state index in [1.54, 1.807) is 0 Å². The van der Waals surface area contributed by atoms with Gasteiger partial charge in [0.05, 0.1) is 0 Å². The smallest absolute Gasteiger partial charge is 0.222 e. The number of aryl methyl sites for hydroxylation is 2. The molecule has 1 heterocycles. The molecule has 0 amide bonds. The first-order valence-corrected chi connectivity index (χ1v) is 7.49. The molecule has 2 rings (SSSR count). The van der Waals surface area contributed by atoms with E-state index in [0.29, 0.717) is 5.88 Å². The van der Waals surface area contributed by atoms with Crippen molar-refractivity contribution < 1.29 is 4.74 Å². The number of hydrogen-bond donors (Lipinski definition) is 1. The predicted molar refractivity (Wildman–Crippen MR) is 85.3 cm³/mol. The van der Waals surface area contributed by atoms with Crippen molar-refractivity contribution in [1.29, 1.82) is 0 Å². The van der Waals surface area contributed by atoms with Crippen LogP contribution in [0.25, 0.3) is 0 Å². The normalized spacial score (nSPS) is 10.6. The van der Waals surface area contributed by atoms with Gasteiger partial charge in [-0.2, -0.15) is 0 Å². The van der Waals surface area contributed by atoms with Crippen LogP contribution in [0.1, 0.15) is 23.6 Å². The molecule has 0 saturated heterocycles. The molecule has 0 unspecified atom stereocenters. The van der Waals surface area contributed by atoms with E-state index in [2.05, 4.69) is 39.2 Å². The fourth-order valence-corrected chi connectivity index (χ4v) is 2.40. The molecule has 0 fully saturated rings. The molecular formula is C16H19BrN2O. The summed E-state index contributed by atoms with van der Waals surface area (Å²) in [5, 5.41) is 3.29. The van der Waals surface area contributed by atoms with E-state index in [9.17, 15) is 0 Å². The molecule has 0 spiro atoms. The molecule has 1 aromatic heterocycles. The van der Waals surface area contributed by atoms with Crippen LogP contribution < -0.4 is 10.1 Å². The quantitative estimate of drug-likeness (QED) is 0.881. The molecule has 0 aliphatic heterocycles. The summed E-state index contributed by atoms with van der Waals surface area (Å²) >= 11 is 3.45. The summed E-state index contributed by atoms with van der Waals surface area (Å²) in [6.45, 7) is 7.92. The van der Waals surface area contributed by atoms with Crippen molar-refractivity contribution in [2.45, 2.75) is 27.3 Å². The highest BCUT2D eigenvalue weighted by Crippen LogP contribution is 2.28. The Morgan fingerprint density at radius 3 is 2.65 bits per heavy atom. The highest BCUT2D eigenvalue weighted by molar-refractivity contribution is 9.10. The highest BCUT2D eigenvalue weighted by atomic mass is 79.9. The lowest BCUT2D eigenvalue weighted by atomic mass is 10.2. The SMILES string of the molecule is CCNCc1cnc(Oc2ccc(Br)cc2C)c(C)c1. The van der Waals surface area contributed by atoms with Crippen molar-refractivity contribution in [3.8, 4) is 11.6 Å². The average molecular weight is 335 g/mol. The number of benzene rings is 1. The Morgan fingerprint density at radius 1 is 1.20 bits per heavy atom.